The van der Waals surface area contributed by atoms with Crippen molar-refractivity contribution in [2.45, 2.75) is 76.9 Å². The van der Waals surface area contributed by atoms with Gasteiger partial charge in [0.25, 0.3) is 0 Å². The number of hydrogen-bond acceptors (Lipinski definition) is 2. The van der Waals surface area contributed by atoms with Crippen LogP contribution in [-0.2, 0) is 10.5 Å². The predicted octanol–water partition coefficient (Wildman–Crippen LogP) is 5.87. The number of amides is 1. The van der Waals surface area contributed by atoms with E-state index in [9.17, 15) is 4.79 Å². The summed E-state index contributed by atoms with van der Waals surface area (Å²) in [7, 11) is 0. The third-order valence-electron chi connectivity index (χ3n) is 3.78. The van der Waals surface area contributed by atoms with Gasteiger partial charge in [-0.05, 0) is 23.9 Å². The number of hydrogen-bond donors (Lipinski definition) is 1. The van der Waals surface area contributed by atoms with Gasteiger partial charge in [0.15, 0.2) is 0 Å². The standard InChI is InChI=1S/C19H31NOS/c1-2-3-4-5-6-7-8-9-13-16-19(21)20-22-17-18-14-11-10-12-15-18/h10-12,14-15H,2-9,13,16-17H2,1H3,(H,20,21). The molecule has 0 unspecified atom stereocenters. The molecule has 0 heterocycles. The van der Waals surface area contributed by atoms with Crippen molar-refractivity contribution >= 4 is 17.9 Å². The fourth-order valence-corrected chi connectivity index (χ4v) is 3.12. The Balaban J connectivity index is 1.87. The van der Waals surface area contributed by atoms with Gasteiger partial charge >= 0.3 is 0 Å². The zero-order valence-corrected chi connectivity index (χ0v) is 14.8. The number of carbonyl (C=O) groups is 1. The highest BCUT2D eigenvalue weighted by atomic mass is 32.2. The first-order valence-electron chi connectivity index (χ1n) is 8.77. The maximum Gasteiger partial charge on any atom is 0.229 e. The molecule has 1 N–H and O–H groups in total. The summed E-state index contributed by atoms with van der Waals surface area (Å²) in [5.41, 5.74) is 1.25. The molecule has 0 bridgehead atoms. The van der Waals surface area contributed by atoms with E-state index in [0.29, 0.717) is 6.42 Å². The van der Waals surface area contributed by atoms with Crippen LogP contribution in [-0.4, -0.2) is 5.91 Å². The van der Waals surface area contributed by atoms with Crippen molar-refractivity contribution in [3.8, 4) is 0 Å². The number of carbonyl (C=O) groups excluding carboxylic acids is 1. The van der Waals surface area contributed by atoms with E-state index >= 15 is 0 Å². The lowest BCUT2D eigenvalue weighted by atomic mass is 10.1. The largest absolute Gasteiger partial charge is 0.300 e. The molecule has 0 fully saturated rings. The van der Waals surface area contributed by atoms with E-state index in [4.69, 9.17) is 0 Å². The Kier molecular flexibility index (Phi) is 11.9. The van der Waals surface area contributed by atoms with Gasteiger partial charge in [0, 0.05) is 12.2 Å². The summed E-state index contributed by atoms with van der Waals surface area (Å²) < 4.78 is 2.93. The summed E-state index contributed by atoms with van der Waals surface area (Å²) >= 11 is 1.49. The van der Waals surface area contributed by atoms with Gasteiger partial charge < -0.3 is 0 Å². The topological polar surface area (TPSA) is 29.1 Å². The maximum absolute atomic E-state index is 11.7. The molecule has 0 aliphatic heterocycles. The molecule has 0 aromatic heterocycles. The van der Waals surface area contributed by atoms with Crippen LogP contribution in [0.5, 0.6) is 0 Å². The Morgan fingerprint density at radius 3 is 2.14 bits per heavy atom. The van der Waals surface area contributed by atoms with Crippen LogP contribution >= 0.6 is 11.9 Å². The van der Waals surface area contributed by atoms with E-state index in [2.05, 4.69) is 23.8 Å². The second-order valence-electron chi connectivity index (χ2n) is 5.88. The zero-order valence-electron chi connectivity index (χ0n) is 14.0. The highest BCUT2D eigenvalue weighted by Gasteiger charge is 2.01. The molecule has 1 rings (SSSR count). The van der Waals surface area contributed by atoms with Crippen LogP contribution in [0.1, 0.15) is 76.7 Å². The lowest BCUT2D eigenvalue weighted by Crippen LogP contribution is -2.15. The van der Waals surface area contributed by atoms with Crippen LogP contribution in [0.15, 0.2) is 30.3 Å². The van der Waals surface area contributed by atoms with E-state index in [1.165, 1.54) is 68.9 Å². The Hall–Kier alpha value is -0.960. The van der Waals surface area contributed by atoms with E-state index in [-0.39, 0.29) is 5.91 Å². The van der Waals surface area contributed by atoms with Crippen LogP contribution in [0.2, 0.25) is 0 Å². The van der Waals surface area contributed by atoms with E-state index in [0.717, 1.165) is 12.2 Å². The molecule has 0 atom stereocenters. The van der Waals surface area contributed by atoms with E-state index in [1.807, 2.05) is 18.2 Å². The summed E-state index contributed by atoms with van der Waals surface area (Å²) in [6.45, 7) is 2.25. The zero-order chi connectivity index (χ0) is 15.9. The fraction of sp³-hybridized carbons (Fsp3) is 0.632. The molecular formula is C19H31NOS. The molecule has 1 aromatic carbocycles. The van der Waals surface area contributed by atoms with Crippen molar-refractivity contribution < 1.29 is 4.79 Å². The first-order valence-corrected chi connectivity index (χ1v) is 9.76. The monoisotopic (exact) mass is 321 g/mol. The SMILES string of the molecule is CCCCCCCCCCCC(=O)NSCc1ccccc1. The summed E-state index contributed by atoms with van der Waals surface area (Å²) in [6, 6.07) is 10.2. The van der Waals surface area contributed by atoms with Crippen molar-refractivity contribution in [1.29, 1.82) is 0 Å². The summed E-state index contributed by atoms with van der Waals surface area (Å²) in [5.74, 6) is 1.01. The molecule has 0 aliphatic rings. The third-order valence-corrected chi connectivity index (χ3v) is 4.62. The lowest BCUT2D eigenvalue weighted by molar-refractivity contribution is -0.119. The third kappa shape index (κ3) is 10.7. The normalized spacial score (nSPS) is 10.6. The molecule has 0 spiro atoms. The molecule has 0 radical (unpaired) electrons. The second-order valence-corrected chi connectivity index (χ2v) is 6.66. The summed E-state index contributed by atoms with van der Waals surface area (Å²) in [4.78, 5) is 11.7. The maximum atomic E-state index is 11.7. The van der Waals surface area contributed by atoms with Gasteiger partial charge in [-0.25, -0.2) is 0 Å². The number of unbranched alkanes of at least 4 members (excludes halogenated alkanes) is 8. The average molecular weight is 322 g/mol. The molecule has 1 aromatic rings. The first-order chi connectivity index (χ1) is 10.8. The second kappa shape index (κ2) is 13.7. The Bertz CT molecular complexity index is 380. The molecule has 22 heavy (non-hydrogen) atoms. The molecular weight excluding hydrogens is 290 g/mol. The van der Waals surface area contributed by atoms with Gasteiger partial charge in [0.1, 0.15) is 0 Å². The number of benzene rings is 1. The minimum atomic E-state index is 0.170. The van der Waals surface area contributed by atoms with Gasteiger partial charge in [0.05, 0.1) is 0 Å². The predicted molar refractivity (Wildman–Crippen MR) is 97.7 cm³/mol. The van der Waals surface area contributed by atoms with Crippen molar-refractivity contribution in [1.82, 2.24) is 4.72 Å². The molecule has 1 amide bonds. The quantitative estimate of drug-likeness (QED) is 0.363. The number of nitrogens with one attached hydrogen (secondary N) is 1. The van der Waals surface area contributed by atoms with Gasteiger partial charge in [-0.3, -0.25) is 9.52 Å². The van der Waals surface area contributed by atoms with Crippen LogP contribution in [0.3, 0.4) is 0 Å². The minimum absolute atomic E-state index is 0.170. The highest BCUT2D eigenvalue weighted by Crippen LogP contribution is 2.12. The summed E-state index contributed by atoms with van der Waals surface area (Å²) in [6.07, 6.45) is 12.3. The van der Waals surface area contributed by atoms with Crippen molar-refractivity contribution in [2.24, 2.45) is 0 Å². The number of rotatable bonds is 13. The average Bonchev–Trinajstić information content (AvgIpc) is 2.54. The molecule has 2 nitrogen and oxygen atoms in total. The van der Waals surface area contributed by atoms with Gasteiger partial charge in [0.2, 0.25) is 5.91 Å². The molecule has 124 valence electrons. The van der Waals surface area contributed by atoms with Gasteiger partial charge in [-0.15, -0.1) is 0 Å². The fourth-order valence-electron chi connectivity index (χ4n) is 2.42. The smallest absolute Gasteiger partial charge is 0.229 e. The Morgan fingerprint density at radius 2 is 1.50 bits per heavy atom. The van der Waals surface area contributed by atoms with Crippen LogP contribution < -0.4 is 4.72 Å². The Morgan fingerprint density at radius 1 is 0.909 bits per heavy atom. The van der Waals surface area contributed by atoms with E-state index in [1.54, 1.807) is 0 Å². The molecule has 3 heteroatoms. The van der Waals surface area contributed by atoms with Crippen LogP contribution in [0.4, 0.5) is 0 Å². The highest BCUT2D eigenvalue weighted by molar-refractivity contribution is 7.97. The van der Waals surface area contributed by atoms with Gasteiger partial charge in [-0.2, -0.15) is 0 Å². The van der Waals surface area contributed by atoms with Crippen molar-refractivity contribution in [2.75, 3.05) is 0 Å². The minimum Gasteiger partial charge on any atom is -0.300 e. The molecule has 0 aliphatic carbocycles. The van der Waals surface area contributed by atoms with Crippen LogP contribution in [0, 0.1) is 0 Å². The van der Waals surface area contributed by atoms with E-state index < -0.39 is 0 Å². The lowest BCUT2D eigenvalue weighted by Gasteiger charge is -2.05. The Labute approximate surface area is 140 Å². The summed E-state index contributed by atoms with van der Waals surface area (Å²) in [5, 5.41) is 0. The first kappa shape index (κ1) is 19.1. The van der Waals surface area contributed by atoms with Crippen molar-refractivity contribution in [3.63, 3.8) is 0 Å². The van der Waals surface area contributed by atoms with Crippen molar-refractivity contribution in [3.05, 3.63) is 35.9 Å². The van der Waals surface area contributed by atoms with Crippen LogP contribution in [0.25, 0.3) is 0 Å². The van der Waals surface area contributed by atoms with Gasteiger partial charge in [-0.1, -0.05) is 88.6 Å². The molecule has 0 saturated carbocycles. The molecule has 0 saturated heterocycles.